The molecule has 1 fully saturated rings. The molecular weight excluding hydrogens is 271 g/mol. The summed E-state index contributed by atoms with van der Waals surface area (Å²) in [6.45, 7) is 0. The summed E-state index contributed by atoms with van der Waals surface area (Å²) < 4.78 is 13.2. The molecule has 0 unspecified atom stereocenters. The summed E-state index contributed by atoms with van der Waals surface area (Å²) in [5, 5.41) is 4.53. The smallest absolute Gasteiger partial charge is 0.161 e. The van der Waals surface area contributed by atoms with Gasteiger partial charge in [-0.1, -0.05) is 36.2 Å². The summed E-state index contributed by atoms with van der Waals surface area (Å²) >= 11 is 7.74. The number of thioether (sulfide) groups is 1. The van der Waals surface area contributed by atoms with E-state index >= 15 is 0 Å². The molecule has 2 aliphatic rings. The third kappa shape index (κ3) is 2.36. The third-order valence-electron chi connectivity index (χ3n) is 3.52. The number of rotatable bonds is 1. The molecule has 0 amide bonds. The van der Waals surface area contributed by atoms with Crippen molar-refractivity contribution < 1.29 is 4.39 Å². The Bertz CT molecular complexity index is 498. The third-order valence-corrected chi connectivity index (χ3v) is 5.00. The van der Waals surface area contributed by atoms with Crippen molar-refractivity contribution in [2.75, 3.05) is 11.1 Å². The zero-order valence-corrected chi connectivity index (χ0v) is 11.5. The second-order valence-electron chi connectivity index (χ2n) is 4.89. The van der Waals surface area contributed by atoms with Crippen molar-refractivity contribution in [3.05, 3.63) is 29.0 Å². The van der Waals surface area contributed by atoms with Gasteiger partial charge in [-0.25, -0.2) is 4.39 Å². The Morgan fingerprint density at radius 3 is 2.89 bits per heavy atom. The van der Waals surface area contributed by atoms with Crippen molar-refractivity contribution in [1.29, 1.82) is 0 Å². The van der Waals surface area contributed by atoms with Crippen LogP contribution in [0.25, 0.3) is 0 Å². The number of hydrogen-bond donors (Lipinski definition) is 1. The minimum Gasteiger partial charge on any atom is -0.334 e. The van der Waals surface area contributed by atoms with Crippen LogP contribution < -0.4 is 5.32 Å². The fourth-order valence-electron chi connectivity index (χ4n) is 2.54. The van der Waals surface area contributed by atoms with Gasteiger partial charge >= 0.3 is 0 Å². The summed E-state index contributed by atoms with van der Waals surface area (Å²) in [7, 11) is 0. The molecule has 0 atom stereocenters. The fourth-order valence-corrected chi connectivity index (χ4v) is 3.91. The van der Waals surface area contributed by atoms with E-state index < -0.39 is 0 Å². The number of benzene rings is 1. The fraction of sp³-hybridized carbons (Fsp3) is 0.462. The Balaban J connectivity index is 1.79. The van der Waals surface area contributed by atoms with Crippen LogP contribution in [0.15, 0.2) is 23.2 Å². The second kappa shape index (κ2) is 4.74. The van der Waals surface area contributed by atoms with Crippen LogP contribution in [-0.2, 0) is 0 Å². The van der Waals surface area contributed by atoms with E-state index in [-0.39, 0.29) is 11.4 Å². The van der Waals surface area contributed by atoms with Gasteiger partial charge in [-0.3, -0.25) is 4.99 Å². The molecule has 5 heteroatoms. The van der Waals surface area contributed by atoms with Gasteiger partial charge in [0.15, 0.2) is 5.17 Å². The van der Waals surface area contributed by atoms with E-state index in [1.54, 1.807) is 17.8 Å². The summed E-state index contributed by atoms with van der Waals surface area (Å²) in [6, 6.07) is 4.32. The molecule has 1 aliphatic carbocycles. The molecule has 0 saturated heterocycles. The van der Waals surface area contributed by atoms with Crippen molar-refractivity contribution in [3.63, 3.8) is 0 Å². The van der Waals surface area contributed by atoms with Crippen molar-refractivity contribution in [1.82, 2.24) is 0 Å². The molecule has 1 aromatic rings. The number of hydrogen-bond acceptors (Lipinski definition) is 3. The molecule has 3 rings (SSSR count). The van der Waals surface area contributed by atoms with Gasteiger partial charge in [0.1, 0.15) is 5.82 Å². The van der Waals surface area contributed by atoms with E-state index in [1.807, 2.05) is 0 Å². The summed E-state index contributed by atoms with van der Waals surface area (Å²) in [5.74, 6) is 0.739. The SMILES string of the molecule is Fc1ccc(Cl)c(NC2=NC3(CCCC3)CS2)c1. The Kier molecular flexibility index (Phi) is 3.24. The van der Waals surface area contributed by atoms with Gasteiger partial charge in [0.25, 0.3) is 0 Å². The van der Waals surface area contributed by atoms with Gasteiger partial charge in [-0.15, -0.1) is 0 Å². The van der Waals surface area contributed by atoms with Crippen molar-refractivity contribution in [2.45, 2.75) is 31.2 Å². The van der Waals surface area contributed by atoms with E-state index in [0.29, 0.717) is 10.7 Å². The van der Waals surface area contributed by atoms with E-state index in [2.05, 4.69) is 5.32 Å². The number of anilines is 1. The maximum absolute atomic E-state index is 13.2. The first-order valence-corrected chi connectivity index (χ1v) is 7.48. The van der Waals surface area contributed by atoms with Gasteiger partial charge in [-0.2, -0.15) is 0 Å². The minimum absolute atomic E-state index is 0.132. The monoisotopic (exact) mass is 284 g/mol. The number of aliphatic imine (C=N–C) groups is 1. The van der Waals surface area contributed by atoms with Crippen LogP contribution in [0, 0.1) is 5.82 Å². The average molecular weight is 285 g/mol. The average Bonchev–Trinajstić information content (AvgIpc) is 2.95. The van der Waals surface area contributed by atoms with E-state index in [9.17, 15) is 4.39 Å². The maximum Gasteiger partial charge on any atom is 0.161 e. The lowest BCUT2D eigenvalue weighted by molar-refractivity contribution is 0.508. The molecule has 96 valence electrons. The van der Waals surface area contributed by atoms with E-state index in [4.69, 9.17) is 16.6 Å². The molecule has 1 aliphatic heterocycles. The predicted octanol–water partition coefficient (Wildman–Crippen LogP) is 4.31. The highest BCUT2D eigenvalue weighted by atomic mass is 35.5. The normalized spacial score (nSPS) is 21.3. The molecule has 1 heterocycles. The molecule has 0 bridgehead atoms. The topological polar surface area (TPSA) is 24.4 Å². The molecule has 0 aromatic heterocycles. The lowest BCUT2D eigenvalue weighted by atomic mass is 10.0. The van der Waals surface area contributed by atoms with Gasteiger partial charge in [-0.05, 0) is 31.0 Å². The van der Waals surface area contributed by atoms with Crippen LogP contribution in [-0.4, -0.2) is 16.5 Å². The van der Waals surface area contributed by atoms with Crippen molar-refractivity contribution >= 4 is 34.2 Å². The highest BCUT2D eigenvalue weighted by Crippen LogP contribution is 2.41. The largest absolute Gasteiger partial charge is 0.334 e. The lowest BCUT2D eigenvalue weighted by Gasteiger charge is -2.16. The predicted molar refractivity (Wildman–Crippen MR) is 76.1 cm³/mol. The quantitative estimate of drug-likeness (QED) is 0.831. The Morgan fingerprint density at radius 1 is 1.33 bits per heavy atom. The van der Waals surface area contributed by atoms with Crippen LogP contribution in [0.4, 0.5) is 10.1 Å². The maximum atomic E-state index is 13.2. The van der Waals surface area contributed by atoms with E-state index in [1.165, 1.54) is 37.8 Å². The van der Waals surface area contributed by atoms with Crippen LogP contribution in [0.5, 0.6) is 0 Å². The number of amidine groups is 1. The zero-order valence-electron chi connectivity index (χ0n) is 9.88. The minimum atomic E-state index is -0.291. The van der Waals surface area contributed by atoms with Gasteiger partial charge in [0, 0.05) is 5.75 Å². The van der Waals surface area contributed by atoms with Crippen molar-refractivity contribution in [3.8, 4) is 0 Å². The Labute approximate surface area is 115 Å². The van der Waals surface area contributed by atoms with E-state index in [0.717, 1.165) is 10.9 Å². The molecule has 1 aromatic carbocycles. The second-order valence-corrected chi connectivity index (χ2v) is 6.26. The van der Waals surface area contributed by atoms with Crippen LogP contribution >= 0.6 is 23.4 Å². The molecule has 2 nitrogen and oxygen atoms in total. The highest BCUT2D eigenvalue weighted by Gasteiger charge is 2.38. The summed E-state index contributed by atoms with van der Waals surface area (Å²) in [5.41, 5.74) is 0.727. The Morgan fingerprint density at radius 2 is 2.11 bits per heavy atom. The molecule has 1 spiro atoms. The van der Waals surface area contributed by atoms with Gasteiger partial charge in [0.05, 0.1) is 16.2 Å². The zero-order chi connectivity index (χ0) is 12.6. The Hall–Kier alpha value is -0.740. The molecule has 1 N–H and O–H groups in total. The van der Waals surface area contributed by atoms with Crippen molar-refractivity contribution in [2.24, 2.45) is 4.99 Å². The van der Waals surface area contributed by atoms with Gasteiger partial charge in [0.2, 0.25) is 0 Å². The number of nitrogens with one attached hydrogen (secondary N) is 1. The molecule has 0 radical (unpaired) electrons. The lowest BCUT2D eigenvalue weighted by Crippen LogP contribution is -2.21. The van der Waals surface area contributed by atoms with Crippen LogP contribution in [0.1, 0.15) is 25.7 Å². The summed E-state index contributed by atoms with van der Waals surface area (Å²) in [4.78, 5) is 4.77. The van der Waals surface area contributed by atoms with Crippen LogP contribution in [0.2, 0.25) is 5.02 Å². The first-order chi connectivity index (χ1) is 8.67. The number of halogens is 2. The highest BCUT2D eigenvalue weighted by molar-refractivity contribution is 8.14. The first kappa shape index (κ1) is 12.3. The number of nitrogens with zero attached hydrogens (tertiary/aromatic N) is 1. The standard InChI is InChI=1S/C13H14ClFN2S/c14-10-4-3-9(15)7-11(10)16-12-17-13(8-18-12)5-1-2-6-13/h3-4,7H,1-2,5-6,8H2,(H,16,17). The molecular formula is C13H14ClFN2S. The molecule has 18 heavy (non-hydrogen) atoms. The van der Waals surface area contributed by atoms with Gasteiger partial charge < -0.3 is 5.32 Å². The first-order valence-electron chi connectivity index (χ1n) is 6.12. The molecule has 1 saturated carbocycles. The summed E-state index contributed by atoms with van der Waals surface area (Å²) in [6.07, 6.45) is 4.86. The van der Waals surface area contributed by atoms with Crippen LogP contribution in [0.3, 0.4) is 0 Å².